The van der Waals surface area contributed by atoms with E-state index in [2.05, 4.69) is 5.32 Å². The SMILES string of the molecule is CC1(C)S[C@@H]2[C@H](NC(=O)COc3ccccc3)C(=O)N2[C@H]1C(=O)[O-].O.O=[Si]([O-])[O-].[Ca+2].[K+]. The minimum atomic E-state index is -3.63. The summed E-state index contributed by atoms with van der Waals surface area (Å²) in [5.41, 5.74) is 0. The topological polar surface area (TPSA) is 193 Å². The zero-order valence-corrected chi connectivity index (χ0v) is 24.3. The van der Waals surface area contributed by atoms with Crippen molar-refractivity contribution in [2.45, 2.75) is 36.1 Å². The number of carboxylic acid groups (broad SMARTS) is 1. The van der Waals surface area contributed by atoms with Crippen molar-refractivity contribution in [3.05, 3.63) is 30.3 Å². The predicted molar refractivity (Wildman–Crippen MR) is 101 cm³/mol. The molecule has 2 fully saturated rings. The van der Waals surface area contributed by atoms with E-state index in [9.17, 15) is 19.5 Å². The maximum absolute atomic E-state index is 12.2. The largest absolute Gasteiger partial charge is 2.00 e. The molecular weight excluding hydrogens is 504 g/mol. The number of carbonyl (C=O) groups is 3. The Morgan fingerprint density at radius 3 is 2.26 bits per heavy atom. The van der Waals surface area contributed by atoms with E-state index in [1.54, 1.807) is 38.1 Å². The number of thioether (sulfide) groups is 1. The van der Waals surface area contributed by atoms with Gasteiger partial charge >= 0.3 is 89.1 Å². The molecule has 0 unspecified atom stereocenters. The number of carboxylic acids is 1. The van der Waals surface area contributed by atoms with Crippen LogP contribution in [0.4, 0.5) is 0 Å². The molecule has 2 heterocycles. The second-order valence-electron chi connectivity index (χ2n) is 6.48. The standard InChI is InChI=1S/C16H18N2O5S.Ca.K.O3Si.H2O/c1-16(2)12(15(21)22)18-13(20)11(14(18)24-16)17-10(19)8-23-9-6-4-3-5-7-9;;;1-4(2)3;/h3-7,11-12,14H,8H2,1-2H3,(H,17,19)(H,21,22);;;;1H2/q;+2;+1;-2;/p-1/t11-,12+,14-;;;;/m1..../s1. The molecule has 2 amide bonds. The first-order valence-corrected chi connectivity index (χ1v) is 10.2. The summed E-state index contributed by atoms with van der Waals surface area (Å²) in [5, 5.41) is 13.5. The van der Waals surface area contributed by atoms with Crippen LogP contribution in [0.25, 0.3) is 0 Å². The number of β-lactam (4-membered cyclic amide) rings is 1. The number of hydrogen-bond donors (Lipinski definition) is 1. The first-order valence-electron chi connectivity index (χ1n) is 8.10. The normalized spacial score (nSPS) is 21.8. The number of hydrogen-bond acceptors (Lipinski definition) is 9. The molecule has 31 heavy (non-hydrogen) atoms. The van der Waals surface area contributed by atoms with Crippen LogP contribution in [0.15, 0.2) is 30.3 Å². The predicted octanol–water partition coefficient (Wildman–Crippen LogP) is -7.72. The fourth-order valence-electron chi connectivity index (χ4n) is 3.01. The summed E-state index contributed by atoms with van der Waals surface area (Å²) in [7, 11) is -3.63. The van der Waals surface area contributed by atoms with Gasteiger partial charge in [0, 0.05) is 13.9 Å². The number of amides is 2. The number of benzene rings is 1. The second kappa shape index (κ2) is 14.5. The Morgan fingerprint density at radius 1 is 1.26 bits per heavy atom. The van der Waals surface area contributed by atoms with E-state index in [4.69, 9.17) is 18.8 Å². The third-order valence-corrected chi connectivity index (χ3v) is 5.67. The Balaban J connectivity index is 0. The maximum atomic E-state index is 12.2. The molecule has 2 saturated heterocycles. The maximum Gasteiger partial charge on any atom is 2.00 e. The van der Waals surface area contributed by atoms with Gasteiger partial charge in [-0.3, -0.25) is 9.59 Å². The number of nitrogens with zero attached hydrogens (tertiary/aromatic N) is 1. The van der Waals surface area contributed by atoms with Gasteiger partial charge in [0.05, 0.1) is 12.0 Å². The molecule has 0 radical (unpaired) electrons. The van der Waals surface area contributed by atoms with Crippen LogP contribution in [0, 0.1) is 0 Å². The van der Waals surface area contributed by atoms with Gasteiger partial charge in [0.2, 0.25) is 5.91 Å². The van der Waals surface area contributed by atoms with E-state index < -0.39 is 49.2 Å². The van der Waals surface area contributed by atoms with E-state index in [1.165, 1.54) is 16.7 Å². The van der Waals surface area contributed by atoms with Gasteiger partial charge in [-0.05, 0) is 26.0 Å². The molecule has 3 N–H and O–H groups in total. The fraction of sp³-hybridized carbons (Fsp3) is 0.438. The smallest absolute Gasteiger partial charge is 0.672 e. The van der Waals surface area contributed by atoms with Crippen molar-refractivity contribution in [2.75, 3.05) is 6.61 Å². The van der Waals surface area contributed by atoms with Crippen LogP contribution in [0.1, 0.15) is 13.8 Å². The van der Waals surface area contributed by atoms with Crippen LogP contribution >= 0.6 is 11.8 Å². The number of aliphatic carboxylic acids is 1. The summed E-state index contributed by atoms with van der Waals surface area (Å²) in [6, 6.07) is 7.14. The third-order valence-electron chi connectivity index (χ3n) is 4.09. The number of fused-ring (bicyclic) bond motifs is 1. The minimum absolute atomic E-state index is 0. The van der Waals surface area contributed by atoms with Crippen molar-refractivity contribution in [3.8, 4) is 5.75 Å². The molecule has 3 atom stereocenters. The summed E-state index contributed by atoms with van der Waals surface area (Å²) in [6.07, 6.45) is 0. The number of ether oxygens (including phenoxy) is 1. The molecule has 3 rings (SSSR count). The zero-order valence-electron chi connectivity index (χ0n) is 17.2. The van der Waals surface area contributed by atoms with Crippen molar-refractivity contribution in [2.24, 2.45) is 0 Å². The van der Waals surface area contributed by atoms with Crippen LogP contribution in [0.2, 0.25) is 0 Å². The van der Waals surface area contributed by atoms with Gasteiger partial charge in [-0.15, -0.1) is 11.8 Å². The minimum Gasteiger partial charge on any atom is -0.672 e. The van der Waals surface area contributed by atoms with E-state index in [0.717, 1.165) is 0 Å². The quantitative estimate of drug-likeness (QED) is 0.289. The third kappa shape index (κ3) is 8.84. The molecule has 2 aliphatic heterocycles. The molecule has 0 spiro atoms. The summed E-state index contributed by atoms with van der Waals surface area (Å²) in [6.45, 7) is 3.29. The van der Waals surface area contributed by atoms with Gasteiger partial charge < -0.3 is 44.4 Å². The monoisotopic (exact) mass is 522 g/mol. The van der Waals surface area contributed by atoms with Crippen LogP contribution in [0.5, 0.6) is 5.75 Å². The molecule has 15 heteroatoms. The van der Waals surface area contributed by atoms with Gasteiger partial charge in [0.1, 0.15) is 17.2 Å². The summed E-state index contributed by atoms with van der Waals surface area (Å²) in [4.78, 5) is 53.8. The molecule has 1 aromatic carbocycles. The summed E-state index contributed by atoms with van der Waals surface area (Å²) >= 11 is 1.35. The summed E-state index contributed by atoms with van der Waals surface area (Å²) in [5.74, 6) is -1.55. The van der Waals surface area contributed by atoms with Gasteiger partial charge in [-0.1, -0.05) is 18.2 Å². The van der Waals surface area contributed by atoms with E-state index in [0.29, 0.717) is 5.75 Å². The van der Waals surface area contributed by atoms with E-state index >= 15 is 0 Å². The first kappa shape index (κ1) is 33.4. The molecule has 1 aromatic rings. The molecule has 0 bridgehead atoms. The fourth-order valence-corrected chi connectivity index (χ4v) is 4.63. The van der Waals surface area contributed by atoms with Crippen LogP contribution in [-0.2, 0) is 18.8 Å². The molecule has 0 aliphatic carbocycles. The Bertz CT molecular complexity index is 786. The van der Waals surface area contributed by atoms with Crippen molar-refractivity contribution in [1.82, 2.24) is 10.2 Å². The average molecular weight is 523 g/mol. The number of para-hydroxylation sites is 1. The second-order valence-corrected chi connectivity index (χ2v) is 8.75. The van der Waals surface area contributed by atoms with Crippen molar-refractivity contribution < 1.29 is 95.1 Å². The van der Waals surface area contributed by atoms with Gasteiger partial charge in [0.15, 0.2) is 6.61 Å². The Labute approximate surface area is 256 Å². The number of nitrogens with one attached hydrogen (secondary N) is 1. The van der Waals surface area contributed by atoms with Crippen LogP contribution in [-0.4, -0.2) is 104 Å². The first-order chi connectivity index (χ1) is 13.0. The molecular formula is C16H19CaKN2O9SSi. The van der Waals surface area contributed by atoms with Crippen molar-refractivity contribution in [1.29, 1.82) is 0 Å². The van der Waals surface area contributed by atoms with Crippen LogP contribution in [0.3, 0.4) is 0 Å². The number of rotatable bonds is 5. The average Bonchev–Trinajstić information content (AvgIpc) is 2.86. The molecule has 0 saturated carbocycles. The van der Waals surface area contributed by atoms with Crippen molar-refractivity contribution in [3.63, 3.8) is 0 Å². The Morgan fingerprint density at radius 2 is 1.77 bits per heavy atom. The molecule has 11 nitrogen and oxygen atoms in total. The Kier molecular flexibility index (Phi) is 15.6. The van der Waals surface area contributed by atoms with Crippen LogP contribution < -0.4 is 76.1 Å². The van der Waals surface area contributed by atoms with E-state index in [1.807, 2.05) is 6.07 Å². The zero-order chi connectivity index (χ0) is 21.1. The molecule has 2 aliphatic rings. The van der Waals surface area contributed by atoms with Crippen molar-refractivity contribution >= 4 is 76.5 Å². The summed E-state index contributed by atoms with van der Waals surface area (Å²) < 4.78 is 13.2. The van der Waals surface area contributed by atoms with E-state index in [-0.39, 0.29) is 101 Å². The Hall–Kier alpha value is 0.253. The van der Waals surface area contributed by atoms with Gasteiger partial charge in [0.25, 0.3) is 5.91 Å². The number of carbonyl (C=O) groups excluding carboxylic acids is 3. The molecule has 0 aromatic heterocycles. The van der Waals surface area contributed by atoms with Gasteiger partial charge in [-0.25, -0.2) is 0 Å². The molecule has 160 valence electrons. The van der Waals surface area contributed by atoms with Gasteiger partial charge in [-0.2, -0.15) is 0 Å².